The summed E-state index contributed by atoms with van der Waals surface area (Å²) in [5.41, 5.74) is 6.25. The van der Waals surface area contributed by atoms with Crippen molar-refractivity contribution in [1.82, 2.24) is 0 Å². The van der Waals surface area contributed by atoms with Gasteiger partial charge < -0.3 is 15.2 Å². The van der Waals surface area contributed by atoms with Crippen molar-refractivity contribution in [3.63, 3.8) is 0 Å². The van der Waals surface area contributed by atoms with Crippen LogP contribution in [0.5, 0.6) is 5.75 Å². The van der Waals surface area contributed by atoms with Crippen LogP contribution in [0.3, 0.4) is 0 Å². The third-order valence-electron chi connectivity index (χ3n) is 2.96. The Bertz CT molecular complexity index is 364. The van der Waals surface area contributed by atoms with Gasteiger partial charge in [0.15, 0.2) is 11.6 Å². The van der Waals surface area contributed by atoms with Gasteiger partial charge in [-0.05, 0) is 25.3 Å². The van der Waals surface area contributed by atoms with E-state index in [-0.39, 0.29) is 24.2 Å². The summed E-state index contributed by atoms with van der Waals surface area (Å²) < 4.78 is 24.6. The molecule has 0 bridgehead atoms. The molecule has 3 nitrogen and oxygen atoms in total. The van der Waals surface area contributed by atoms with Crippen LogP contribution in [-0.2, 0) is 11.3 Å². The van der Waals surface area contributed by atoms with Crippen LogP contribution in [-0.4, -0.2) is 19.3 Å². The molecule has 1 aliphatic rings. The molecule has 1 aromatic carbocycles. The van der Waals surface area contributed by atoms with E-state index in [1.54, 1.807) is 12.1 Å². The van der Waals surface area contributed by atoms with E-state index >= 15 is 0 Å². The van der Waals surface area contributed by atoms with Gasteiger partial charge in [-0.3, -0.25) is 0 Å². The first-order valence-electron chi connectivity index (χ1n) is 6.03. The first kappa shape index (κ1) is 12.3. The summed E-state index contributed by atoms with van der Waals surface area (Å²) in [7, 11) is 0. The molecule has 1 atom stereocenters. The fraction of sp³-hybridized carbons (Fsp3) is 0.538. The number of ether oxygens (including phenoxy) is 2. The second kappa shape index (κ2) is 5.98. The van der Waals surface area contributed by atoms with Crippen LogP contribution in [0.15, 0.2) is 18.2 Å². The van der Waals surface area contributed by atoms with E-state index in [0.29, 0.717) is 12.2 Å². The fourth-order valence-electron chi connectivity index (χ4n) is 1.99. The first-order valence-corrected chi connectivity index (χ1v) is 6.03. The Labute approximate surface area is 101 Å². The average Bonchev–Trinajstić information content (AvgIpc) is 2.38. The summed E-state index contributed by atoms with van der Waals surface area (Å²) in [6.07, 6.45) is 3.31. The molecule has 1 saturated heterocycles. The molecule has 2 N–H and O–H groups in total. The van der Waals surface area contributed by atoms with Crippen LogP contribution in [0, 0.1) is 5.82 Å². The Morgan fingerprint density at radius 1 is 1.41 bits per heavy atom. The van der Waals surface area contributed by atoms with Gasteiger partial charge in [0.2, 0.25) is 0 Å². The molecule has 17 heavy (non-hydrogen) atoms. The van der Waals surface area contributed by atoms with Crippen molar-refractivity contribution in [3.05, 3.63) is 29.6 Å². The van der Waals surface area contributed by atoms with Crippen molar-refractivity contribution in [3.8, 4) is 5.75 Å². The van der Waals surface area contributed by atoms with Gasteiger partial charge in [0, 0.05) is 18.7 Å². The lowest BCUT2D eigenvalue weighted by molar-refractivity contribution is -0.0119. The van der Waals surface area contributed by atoms with E-state index in [1.165, 1.54) is 6.07 Å². The molecular formula is C13H18FNO2. The maximum Gasteiger partial charge on any atom is 0.165 e. The van der Waals surface area contributed by atoms with Gasteiger partial charge in [-0.1, -0.05) is 12.1 Å². The maximum absolute atomic E-state index is 13.6. The molecule has 1 fully saturated rings. The van der Waals surface area contributed by atoms with Gasteiger partial charge in [0.25, 0.3) is 0 Å². The lowest BCUT2D eigenvalue weighted by Gasteiger charge is -2.23. The summed E-state index contributed by atoms with van der Waals surface area (Å²) >= 11 is 0. The Kier molecular flexibility index (Phi) is 4.34. The van der Waals surface area contributed by atoms with E-state index in [4.69, 9.17) is 15.2 Å². The second-order valence-electron chi connectivity index (χ2n) is 4.23. The average molecular weight is 239 g/mol. The summed E-state index contributed by atoms with van der Waals surface area (Å²) in [5.74, 6) is -0.0899. The number of nitrogens with two attached hydrogens (primary N) is 1. The van der Waals surface area contributed by atoms with Gasteiger partial charge in [-0.2, -0.15) is 0 Å². The molecule has 0 amide bonds. The maximum atomic E-state index is 13.6. The van der Waals surface area contributed by atoms with E-state index in [0.717, 1.165) is 25.9 Å². The first-order chi connectivity index (χ1) is 8.31. The molecule has 0 aliphatic carbocycles. The van der Waals surface area contributed by atoms with E-state index in [9.17, 15) is 4.39 Å². The minimum Gasteiger partial charge on any atom is -0.487 e. The largest absolute Gasteiger partial charge is 0.487 e. The molecular weight excluding hydrogens is 221 g/mol. The number of benzene rings is 1. The molecule has 0 spiro atoms. The van der Waals surface area contributed by atoms with E-state index in [2.05, 4.69) is 0 Å². The van der Waals surface area contributed by atoms with Crippen LogP contribution in [0.1, 0.15) is 24.8 Å². The van der Waals surface area contributed by atoms with Crippen molar-refractivity contribution >= 4 is 0 Å². The van der Waals surface area contributed by atoms with Crippen LogP contribution >= 0.6 is 0 Å². The zero-order valence-electron chi connectivity index (χ0n) is 9.82. The predicted molar refractivity (Wildman–Crippen MR) is 63.4 cm³/mol. The highest BCUT2D eigenvalue weighted by atomic mass is 19.1. The van der Waals surface area contributed by atoms with Crippen molar-refractivity contribution in [2.45, 2.75) is 31.9 Å². The minimum atomic E-state index is -0.358. The number of para-hydroxylation sites is 1. The highest BCUT2D eigenvalue weighted by Gasteiger charge is 2.16. The summed E-state index contributed by atoms with van der Waals surface area (Å²) in [6, 6.07) is 4.80. The Balaban J connectivity index is 1.97. The fourth-order valence-corrected chi connectivity index (χ4v) is 1.99. The molecule has 1 unspecified atom stereocenters. The van der Waals surface area contributed by atoms with Crippen LogP contribution in [0.4, 0.5) is 4.39 Å². The molecule has 2 rings (SSSR count). The summed E-state index contributed by atoms with van der Waals surface area (Å²) in [6.45, 7) is 1.45. The van der Waals surface area contributed by atoms with Crippen molar-refractivity contribution in [2.24, 2.45) is 5.73 Å². The normalized spacial score (nSPS) is 20.2. The second-order valence-corrected chi connectivity index (χ2v) is 4.23. The molecule has 1 heterocycles. The minimum absolute atomic E-state index is 0.0778. The molecule has 1 aromatic rings. The van der Waals surface area contributed by atoms with Gasteiger partial charge in [-0.15, -0.1) is 0 Å². The summed E-state index contributed by atoms with van der Waals surface area (Å²) in [4.78, 5) is 0. The van der Waals surface area contributed by atoms with Gasteiger partial charge in [0.05, 0.1) is 6.10 Å². The van der Waals surface area contributed by atoms with Crippen LogP contribution in [0.25, 0.3) is 0 Å². The molecule has 0 saturated carbocycles. The Morgan fingerprint density at radius 2 is 2.29 bits per heavy atom. The third-order valence-corrected chi connectivity index (χ3v) is 2.96. The lowest BCUT2D eigenvalue weighted by atomic mass is 10.1. The molecule has 0 radical (unpaired) electrons. The van der Waals surface area contributed by atoms with Crippen molar-refractivity contribution < 1.29 is 13.9 Å². The SMILES string of the molecule is NCc1cccc(F)c1OCC1CCCCO1. The van der Waals surface area contributed by atoms with Gasteiger partial charge >= 0.3 is 0 Å². The smallest absolute Gasteiger partial charge is 0.165 e. The highest BCUT2D eigenvalue weighted by Crippen LogP contribution is 2.23. The molecule has 1 aliphatic heterocycles. The number of rotatable bonds is 4. The Morgan fingerprint density at radius 3 is 3.00 bits per heavy atom. The number of hydrogen-bond acceptors (Lipinski definition) is 3. The van der Waals surface area contributed by atoms with Crippen molar-refractivity contribution in [1.29, 1.82) is 0 Å². The zero-order valence-corrected chi connectivity index (χ0v) is 9.82. The van der Waals surface area contributed by atoms with E-state index < -0.39 is 0 Å². The van der Waals surface area contributed by atoms with E-state index in [1.807, 2.05) is 0 Å². The lowest BCUT2D eigenvalue weighted by Crippen LogP contribution is -2.26. The Hall–Kier alpha value is -1.13. The van der Waals surface area contributed by atoms with Gasteiger partial charge in [-0.25, -0.2) is 4.39 Å². The van der Waals surface area contributed by atoms with Crippen molar-refractivity contribution in [2.75, 3.05) is 13.2 Å². The third kappa shape index (κ3) is 3.17. The van der Waals surface area contributed by atoms with Crippen LogP contribution in [0.2, 0.25) is 0 Å². The monoisotopic (exact) mass is 239 g/mol. The molecule has 4 heteroatoms. The van der Waals surface area contributed by atoms with Gasteiger partial charge in [0.1, 0.15) is 6.61 Å². The quantitative estimate of drug-likeness (QED) is 0.876. The zero-order chi connectivity index (χ0) is 12.1. The molecule has 0 aromatic heterocycles. The number of hydrogen-bond donors (Lipinski definition) is 1. The standard InChI is InChI=1S/C13H18FNO2/c14-12-6-3-4-10(8-15)13(12)17-9-11-5-1-2-7-16-11/h3-4,6,11H,1-2,5,7-9,15H2. The topological polar surface area (TPSA) is 44.5 Å². The van der Waals surface area contributed by atoms with Crippen LogP contribution < -0.4 is 10.5 Å². The summed E-state index contributed by atoms with van der Waals surface area (Å²) in [5, 5.41) is 0. The predicted octanol–water partition coefficient (Wildman–Crippen LogP) is 2.23. The molecule has 94 valence electrons. The highest BCUT2D eigenvalue weighted by molar-refractivity contribution is 5.34. The number of halogens is 1.